The molecule has 0 radical (unpaired) electrons. The number of carbonyl (C=O) groups excluding carboxylic acids is 2. The SMILES string of the molecule is CC(=O)Nc1cc(NCC(=O)Nc2ccc(Oc3ccccc3)cc2)ccc1F. The molecule has 0 heterocycles. The van der Waals surface area contributed by atoms with E-state index in [-0.39, 0.29) is 24.0 Å². The minimum atomic E-state index is -0.548. The Morgan fingerprint density at radius 2 is 1.52 bits per heavy atom. The number of halogens is 1. The molecule has 0 saturated carbocycles. The minimum Gasteiger partial charge on any atom is -0.457 e. The first-order valence-electron chi connectivity index (χ1n) is 8.93. The van der Waals surface area contributed by atoms with Crippen LogP contribution in [0.1, 0.15) is 6.92 Å². The van der Waals surface area contributed by atoms with Gasteiger partial charge in [-0.2, -0.15) is 0 Å². The number of rotatable bonds is 7. The van der Waals surface area contributed by atoms with Crippen LogP contribution >= 0.6 is 0 Å². The van der Waals surface area contributed by atoms with Crippen LogP contribution < -0.4 is 20.7 Å². The number of hydrogen-bond donors (Lipinski definition) is 3. The molecule has 0 aromatic heterocycles. The topological polar surface area (TPSA) is 79.5 Å². The van der Waals surface area contributed by atoms with Crippen molar-refractivity contribution < 1.29 is 18.7 Å². The van der Waals surface area contributed by atoms with Crippen molar-refractivity contribution in [2.24, 2.45) is 0 Å². The van der Waals surface area contributed by atoms with Gasteiger partial charge in [-0.25, -0.2) is 4.39 Å². The van der Waals surface area contributed by atoms with Gasteiger partial charge in [0.15, 0.2) is 0 Å². The molecule has 6 nitrogen and oxygen atoms in total. The summed E-state index contributed by atoms with van der Waals surface area (Å²) in [7, 11) is 0. The molecule has 0 spiro atoms. The first kappa shape index (κ1) is 19.9. The molecule has 2 amide bonds. The zero-order chi connectivity index (χ0) is 20.6. The second-order valence-electron chi connectivity index (χ2n) is 6.22. The third kappa shape index (κ3) is 6.07. The number of benzene rings is 3. The zero-order valence-corrected chi connectivity index (χ0v) is 15.7. The highest BCUT2D eigenvalue weighted by atomic mass is 19.1. The predicted molar refractivity (Wildman–Crippen MR) is 111 cm³/mol. The molecule has 3 aromatic rings. The molecule has 0 aliphatic heterocycles. The highest BCUT2D eigenvalue weighted by Gasteiger charge is 2.07. The Hall–Kier alpha value is -3.87. The van der Waals surface area contributed by atoms with Gasteiger partial charge in [-0.15, -0.1) is 0 Å². The predicted octanol–water partition coefficient (Wildman–Crippen LogP) is 4.63. The van der Waals surface area contributed by atoms with Crippen LogP contribution in [0.2, 0.25) is 0 Å². The third-order valence-corrected chi connectivity index (χ3v) is 3.85. The fourth-order valence-electron chi connectivity index (χ4n) is 2.54. The maximum atomic E-state index is 13.7. The average Bonchev–Trinajstić information content (AvgIpc) is 2.70. The minimum absolute atomic E-state index is 0.0204. The lowest BCUT2D eigenvalue weighted by Gasteiger charge is -2.11. The molecule has 3 rings (SSSR count). The van der Waals surface area contributed by atoms with Crippen molar-refractivity contribution >= 4 is 28.9 Å². The molecular weight excluding hydrogens is 373 g/mol. The molecule has 0 atom stereocenters. The molecule has 0 unspecified atom stereocenters. The van der Waals surface area contributed by atoms with Crippen molar-refractivity contribution in [1.82, 2.24) is 0 Å². The Morgan fingerprint density at radius 3 is 2.21 bits per heavy atom. The Balaban J connectivity index is 1.52. The van der Waals surface area contributed by atoms with E-state index in [4.69, 9.17) is 4.74 Å². The molecule has 3 N–H and O–H groups in total. The second-order valence-corrected chi connectivity index (χ2v) is 6.22. The average molecular weight is 393 g/mol. The first-order valence-corrected chi connectivity index (χ1v) is 8.93. The summed E-state index contributed by atoms with van der Waals surface area (Å²) in [5, 5.41) is 8.05. The lowest BCUT2D eigenvalue weighted by Crippen LogP contribution is -2.21. The van der Waals surface area contributed by atoms with Crippen LogP contribution in [0.3, 0.4) is 0 Å². The lowest BCUT2D eigenvalue weighted by molar-refractivity contribution is -0.115. The summed E-state index contributed by atoms with van der Waals surface area (Å²) in [5.74, 6) is 0.189. The van der Waals surface area contributed by atoms with Gasteiger partial charge in [0, 0.05) is 18.3 Å². The van der Waals surface area contributed by atoms with E-state index in [0.29, 0.717) is 17.1 Å². The molecule has 0 bridgehead atoms. The van der Waals surface area contributed by atoms with E-state index < -0.39 is 5.82 Å². The fraction of sp³-hybridized carbons (Fsp3) is 0.0909. The fourth-order valence-corrected chi connectivity index (χ4v) is 2.54. The second kappa shape index (κ2) is 9.36. The summed E-state index contributed by atoms with van der Waals surface area (Å²) in [4.78, 5) is 23.2. The van der Waals surface area contributed by atoms with E-state index in [0.717, 1.165) is 5.75 Å². The summed E-state index contributed by atoms with van der Waals surface area (Å²) in [6.45, 7) is 1.27. The number of hydrogen-bond acceptors (Lipinski definition) is 4. The van der Waals surface area contributed by atoms with Gasteiger partial charge in [0.05, 0.1) is 12.2 Å². The largest absolute Gasteiger partial charge is 0.457 e. The zero-order valence-electron chi connectivity index (χ0n) is 15.7. The van der Waals surface area contributed by atoms with Crippen LogP contribution in [0.25, 0.3) is 0 Å². The van der Waals surface area contributed by atoms with Crippen molar-refractivity contribution in [3.05, 3.63) is 78.6 Å². The van der Waals surface area contributed by atoms with Crippen LogP contribution in [0, 0.1) is 5.82 Å². The van der Waals surface area contributed by atoms with Gasteiger partial charge in [-0.3, -0.25) is 9.59 Å². The van der Waals surface area contributed by atoms with Gasteiger partial charge in [0.25, 0.3) is 0 Å². The standard InChI is InChI=1S/C22H20FN3O3/c1-15(27)25-21-13-17(9-12-20(21)23)24-14-22(28)26-16-7-10-19(11-8-16)29-18-5-3-2-4-6-18/h2-13,24H,14H2,1H3,(H,25,27)(H,26,28). The maximum absolute atomic E-state index is 13.7. The van der Waals surface area contributed by atoms with Crippen molar-refractivity contribution in [3.8, 4) is 11.5 Å². The Kier molecular flexibility index (Phi) is 6.42. The quantitative estimate of drug-likeness (QED) is 0.547. The smallest absolute Gasteiger partial charge is 0.243 e. The molecular formula is C22H20FN3O3. The molecule has 0 fully saturated rings. The monoisotopic (exact) mass is 393 g/mol. The molecule has 7 heteroatoms. The van der Waals surface area contributed by atoms with E-state index in [1.807, 2.05) is 30.3 Å². The summed E-state index contributed by atoms with van der Waals surface area (Å²) in [6, 6.07) is 20.5. The van der Waals surface area contributed by atoms with E-state index in [1.165, 1.54) is 25.1 Å². The molecule has 148 valence electrons. The van der Waals surface area contributed by atoms with E-state index >= 15 is 0 Å². The summed E-state index contributed by atoms with van der Waals surface area (Å²) in [6.07, 6.45) is 0. The van der Waals surface area contributed by atoms with Gasteiger partial charge >= 0.3 is 0 Å². The van der Waals surface area contributed by atoms with Crippen molar-refractivity contribution in [2.45, 2.75) is 6.92 Å². The third-order valence-electron chi connectivity index (χ3n) is 3.85. The Labute approximate surface area is 167 Å². The Morgan fingerprint density at radius 1 is 0.862 bits per heavy atom. The molecule has 0 aliphatic carbocycles. The summed E-state index contributed by atoms with van der Waals surface area (Å²) >= 11 is 0. The molecule has 0 aliphatic rings. The number of amides is 2. The van der Waals surface area contributed by atoms with E-state index in [1.54, 1.807) is 24.3 Å². The van der Waals surface area contributed by atoms with Crippen LogP contribution in [0.5, 0.6) is 11.5 Å². The van der Waals surface area contributed by atoms with Gasteiger partial charge in [0.2, 0.25) is 11.8 Å². The van der Waals surface area contributed by atoms with Crippen LogP contribution in [-0.4, -0.2) is 18.4 Å². The normalized spacial score (nSPS) is 10.1. The first-order chi connectivity index (χ1) is 14.0. The van der Waals surface area contributed by atoms with Crippen LogP contribution in [0.15, 0.2) is 72.8 Å². The van der Waals surface area contributed by atoms with Crippen LogP contribution in [0.4, 0.5) is 21.5 Å². The number of ether oxygens (including phenoxy) is 1. The highest BCUT2D eigenvalue weighted by Crippen LogP contribution is 2.23. The highest BCUT2D eigenvalue weighted by molar-refractivity contribution is 5.94. The summed E-state index contributed by atoms with van der Waals surface area (Å²) in [5.41, 5.74) is 1.18. The van der Waals surface area contributed by atoms with Crippen molar-refractivity contribution in [1.29, 1.82) is 0 Å². The van der Waals surface area contributed by atoms with Gasteiger partial charge in [-0.05, 0) is 54.6 Å². The molecule has 29 heavy (non-hydrogen) atoms. The van der Waals surface area contributed by atoms with Crippen LogP contribution in [-0.2, 0) is 9.59 Å². The summed E-state index contributed by atoms with van der Waals surface area (Å²) < 4.78 is 19.4. The van der Waals surface area contributed by atoms with Crippen molar-refractivity contribution in [2.75, 3.05) is 22.5 Å². The number of nitrogens with one attached hydrogen (secondary N) is 3. The van der Waals surface area contributed by atoms with Gasteiger partial charge in [-0.1, -0.05) is 18.2 Å². The lowest BCUT2D eigenvalue weighted by atomic mass is 10.2. The maximum Gasteiger partial charge on any atom is 0.243 e. The molecule has 0 saturated heterocycles. The number of anilines is 3. The Bertz CT molecular complexity index is 992. The van der Waals surface area contributed by atoms with Gasteiger partial charge < -0.3 is 20.7 Å². The van der Waals surface area contributed by atoms with Gasteiger partial charge in [0.1, 0.15) is 17.3 Å². The van der Waals surface area contributed by atoms with E-state index in [2.05, 4.69) is 16.0 Å². The van der Waals surface area contributed by atoms with E-state index in [9.17, 15) is 14.0 Å². The van der Waals surface area contributed by atoms with Crippen molar-refractivity contribution in [3.63, 3.8) is 0 Å². The number of para-hydroxylation sites is 1. The number of carbonyl (C=O) groups is 2. The molecule has 3 aromatic carbocycles.